The fourth-order valence-electron chi connectivity index (χ4n) is 2.37. The standard InChI is InChI=1S/C17H16ClN3O3/c18-12-5-7-13(8-6-12)24-11-16(22)19-9-10-21-15-4-2-1-3-14(15)20-17(21)23/h1-8H,9-11H2,(H,19,22)(H,20,23). The van der Waals surface area contributed by atoms with Crippen LogP contribution in [0.25, 0.3) is 11.0 Å². The zero-order valence-electron chi connectivity index (χ0n) is 12.8. The first-order valence-corrected chi connectivity index (χ1v) is 7.84. The van der Waals surface area contributed by atoms with E-state index in [-0.39, 0.29) is 18.2 Å². The molecule has 2 aromatic carbocycles. The van der Waals surface area contributed by atoms with Crippen LogP contribution in [0.15, 0.2) is 53.3 Å². The van der Waals surface area contributed by atoms with E-state index in [1.165, 1.54) is 0 Å². The van der Waals surface area contributed by atoms with E-state index < -0.39 is 0 Å². The topological polar surface area (TPSA) is 76.1 Å². The van der Waals surface area contributed by atoms with Gasteiger partial charge in [-0.25, -0.2) is 4.79 Å². The minimum atomic E-state index is -0.252. The SMILES string of the molecule is O=C(COc1ccc(Cl)cc1)NCCn1c(=O)[nH]c2ccccc21. The molecule has 0 unspecified atom stereocenters. The van der Waals surface area contributed by atoms with Gasteiger partial charge in [0.05, 0.1) is 11.0 Å². The van der Waals surface area contributed by atoms with Crippen molar-refractivity contribution in [1.29, 1.82) is 0 Å². The maximum atomic E-state index is 11.9. The smallest absolute Gasteiger partial charge is 0.326 e. The third kappa shape index (κ3) is 3.78. The van der Waals surface area contributed by atoms with Crippen LogP contribution in [0.1, 0.15) is 0 Å². The molecular weight excluding hydrogens is 330 g/mol. The van der Waals surface area contributed by atoms with Gasteiger partial charge in [-0.15, -0.1) is 0 Å². The van der Waals surface area contributed by atoms with Crippen molar-refractivity contribution in [3.8, 4) is 5.75 Å². The molecule has 0 aliphatic rings. The summed E-state index contributed by atoms with van der Waals surface area (Å²) >= 11 is 5.78. The minimum absolute atomic E-state index is 0.0928. The molecule has 124 valence electrons. The number of benzene rings is 2. The maximum Gasteiger partial charge on any atom is 0.326 e. The predicted molar refractivity (Wildman–Crippen MR) is 92.5 cm³/mol. The van der Waals surface area contributed by atoms with Crippen LogP contribution >= 0.6 is 11.6 Å². The van der Waals surface area contributed by atoms with Gasteiger partial charge < -0.3 is 15.0 Å². The molecule has 24 heavy (non-hydrogen) atoms. The second kappa shape index (κ2) is 7.23. The summed E-state index contributed by atoms with van der Waals surface area (Å²) < 4.78 is 6.95. The highest BCUT2D eigenvalue weighted by Crippen LogP contribution is 2.15. The number of nitrogens with zero attached hydrogens (tertiary/aromatic N) is 1. The molecule has 0 aliphatic heterocycles. The van der Waals surface area contributed by atoms with Gasteiger partial charge in [0.25, 0.3) is 5.91 Å². The molecule has 0 saturated heterocycles. The van der Waals surface area contributed by atoms with Gasteiger partial charge >= 0.3 is 5.69 Å². The third-order valence-corrected chi connectivity index (χ3v) is 3.77. The highest BCUT2D eigenvalue weighted by Gasteiger charge is 2.07. The van der Waals surface area contributed by atoms with Crippen molar-refractivity contribution < 1.29 is 9.53 Å². The predicted octanol–water partition coefficient (Wildman–Crippen LogP) is 2.18. The number of carbonyl (C=O) groups is 1. The third-order valence-electron chi connectivity index (χ3n) is 3.52. The zero-order valence-corrected chi connectivity index (χ0v) is 13.5. The summed E-state index contributed by atoms with van der Waals surface area (Å²) in [6.45, 7) is 0.629. The van der Waals surface area contributed by atoms with E-state index in [2.05, 4.69) is 10.3 Å². The molecule has 7 heteroatoms. The summed E-state index contributed by atoms with van der Waals surface area (Å²) in [5.41, 5.74) is 1.40. The van der Waals surface area contributed by atoms with E-state index >= 15 is 0 Å². The number of amides is 1. The Bertz CT molecular complexity index is 899. The zero-order chi connectivity index (χ0) is 16.9. The van der Waals surface area contributed by atoms with Crippen molar-refractivity contribution in [1.82, 2.24) is 14.9 Å². The van der Waals surface area contributed by atoms with Gasteiger partial charge in [-0.1, -0.05) is 23.7 Å². The molecule has 0 radical (unpaired) electrons. The van der Waals surface area contributed by atoms with Gasteiger partial charge in [-0.2, -0.15) is 0 Å². The molecule has 6 nitrogen and oxygen atoms in total. The first-order chi connectivity index (χ1) is 11.6. The second-order valence-electron chi connectivity index (χ2n) is 5.19. The summed E-state index contributed by atoms with van der Waals surface area (Å²) in [4.78, 5) is 26.5. The van der Waals surface area contributed by atoms with Crippen LogP contribution in [0.5, 0.6) is 5.75 Å². The van der Waals surface area contributed by atoms with E-state index in [1.807, 2.05) is 24.3 Å². The van der Waals surface area contributed by atoms with Gasteiger partial charge in [0.15, 0.2) is 6.61 Å². The summed E-state index contributed by atoms with van der Waals surface area (Å²) in [6, 6.07) is 14.2. The molecule has 3 rings (SSSR count). The molecule has 0 atom stereocenters. The fraction of sp³-hybridized carbons (Fsp3) is 0.176. The van der Waals surface area contributed by atoms with Crippen LogP contribution in [0.4, 0.5) is 0 Å². The number of para-hydroxylation sites is 2. The summed E-state index contributed by atoms with van der Waals surface area (Å²) in [5.74, 6) is 0.320. The first kappa shape index (κ1) is 16.1. The van der Waals surface area contributed by atoms with E-state index in [0.717, 1.165) is 11.0 Å². The van der Waals surface area contributed by atoms with Crippen LogP contribution in [0, 0.1) is 0 Å². The van der Waals surface area contributed by atoms with Crippen LogP contribution in [0.3, 0.4) is 0 Å². The molecule has 0 saturated carbocycles. The van der Waals surface area contributed by atoms with Gasteiger partial charge in [0.1, 0.15) is 5.75 Å². The largest absolute Gasteiger partial charge is 0.484 e. The van der Waals surface area contributed by atoms with Gasteiger partial charge in [0.2, 0.25) is 0 Å². The van der Waals surface area contributed by atoms with Crippen molar-refractivity contribution in [2.45, 2.75) is 6.54 Å². The Labute approximate surface area is 143 Å². The Morgan fingerprint density at radius 2 is 1.92 bits per heavy atom. The average molecular weight is 346 g/mol. The molecule has 0 aliphatic carbocycles. The van der Waals surface area contributed by atoms with Gasteiger partial charge in [0, 0.05) is 18.1 Å². The van der Waals surface area contributed by atoms with E-state index in [0.29, 0.717) is 23.9 Å². The summed E-state index contributed by atoms with van der Waals surface area (Å²) in [6.07, 6.45) is 0. The lowest BCUT2D eigenvalue weighted by Gasteiger charge is -2.08. The molecule has 1 amide bonds. The minimum Gasteiger partial charge on any atom is -0.484 e. The number of nitrogens with one attached hydrogen (secondary N) is 2. The normalized spacial score (nSPS) is 10.7. The average Bonchev–Trinajstić information content (AvgIpc) is 2.90. The molecule has 3 aromatic rings. The molecule has 1 aromatic heterocycles. The first-order valence-electron chi connectivity index (χ1n) is 7.46. The second-order valence-corrected chi connectivity index (χ2v) is 5.63. The van der Waals surface area contributed by atoms with Crippen molar-refractivity contribution in [3.05, 3.63) is 64.0 Å². The number of aromatic amines is 1. The molecule has 0 spiro atoms. The van der Waals surface area contributed by atoms with Crippen molar-refractivity contribution in [3.63, 3.8) is 0 Å². The maximum absolute atomic E-state index is 11.9. The quantitative estimate of drug-likeness (QED) is 0.719. The number of halogens is 1. The Morgan fingerprint density at radius 1 is 1.17 bits per heavy atom. The van der Waals surface area contributed by atoms with Crippen molar-refractivity contribution in [2.75, 3.05) is 13.2 Å². The Balaban J connectivity index is 1.50. The lowest BCUT2D eigenvalue weighted by molar-refractivity contribution is -0.123. The highest BCUT2D eigenvalue weighted by molar-refractivity contribution is 6.30. The highest BCUT2D eigenvalue weighted by atomic mass is 35.5. The molecule has 1 heterocycles. The van der Waals surface area contributed by atoms with E-state index in [4.69, 9.17) is 16.3 Å². The van der Waals surface area contributed by atoms with E-state index in [9.17, 15) is 9.59 Å². The number of rotatable bonds is 6. The van der Waals surface area contributed by atoms with Crippen LogP contribution < -0.4 is 15.7 Å². The Hall–Kier alpha value is -2.73. The number of carbonyl (C=O) groups excluding carboxylic acids is 1. The van der Waals surface area contributed by atoms with Crippen LogP contribution in [-0.4, -0.2) is 28.6 Å². The van der Waals surface area contributed by atoms with Crippen molar-refractivity contribution >= 4 is 28.5 Å². The number of imidazole rings is 1. The number of hydrogen-bond acceptors (Lipinski definition) is 3. The van der Waals surface area contributed by atoms with Gasteiger partial charge in [-0.3, -0.25) is 9.36 Å². The molecular formula is C17H16ClN3O3. The van der Waals surface area contributed by atoms with Gasteiger partial charge in [-0.05, 0) is 36.4 Å². The lowest BCUT2D eigenvalue weighted by Crippen LogP contribution is -2.33. The number of ether oxygens (including phenoxy) is 1. The Morgan fingerprint density at radius 3 is 2.71 bits per heavy atom. The Kier molecular flexibility index (Phi) is 4.86. The molecule has 2 N–H and O–H groups in total. The number of hydrogen-bond donors (Lipinski definition) is 2. The fourth-order valence-corrected chi connectivity index (χ4v) is 2.49. The summed E-state index contributed by atoms with van der Waals surface area (Å²) in [5, 5.41) is 3.34. The monoisotopic (exact) mass is 345 g/mol. The summed E-state index contributed by atoms with van der Waals surface area (Å²) in [7, 11) is 0. The molecule has 0 fully saturated rings. The number of fused-ring (bicyclic) bond motifs is 1. The van der Waals surface area contributed by atoms with E-state index in [1.54, 1.807) is 28.8 Å². The van der Waals surface area contributed by atoms with Crippen molar-refractivity contribution in [2.24, 2.45) is 0 Å². The number of H-pyrrole nitrogens is 1. The number of aromatic nitrogens is 2. The van der Waals surface area contributed by atoms with Crippen LogP contribution in [0.2, 0.25) is 5.02 Å². The lowest BCUT2D eigenvalue weighted by atomic mass is 10.3. The molecule has 0 bridgehead atoms. The van der Waals surface area contributed by atoms with Crippen LogP contribution in [-0.2, 0) is 11.3 Å².